The molecule has 2 aromatic carbocycles. The summed E-state index contributed by atoms with van der Waals surface area (Å²) in [6.45, 7) is 3.35. The van der Waals surface area contributed by atoms with E-state index in [-0.39, 0.29) is 6.10 Å². The standard InChI is InChI=1S/C24H29N5O2/c1-25-24(29-12-13-30-23(17-29)21-15-27-28(2)16-21)26-14-20-10-6-7-11-22(20)31-18-19-8-4-3-5-9-19/h3-11,15-16,23H,12-14,17-18H2,1-2H3,(H,25,26). The van der Waals surface area contributed by atoms with Gasteiger partial charge in [0.05, 0.1) is 19.3 Å². The number of rotatable bonds is 6. The third-order valence-electron chi connectivity index (χ3n) is 5.32. The molecule has 1 aliphatic heterocycles. The first-order valence-corrected chi connectivity index (χ1v) is 10.5. The molecule has 0 radical (unpaired) electrons. The van der Waals surface area contributed by atoms with Gasteiger partial charge in [-0.05, 0) is 11.6 Å². The quantitative estimate of drug-likeness (QED) is 0.491. The van der Waals surface area contributed by atoms with Crippen LogP contribution in [0, 0.1) is 0 Å². The molecule has 0 bridgehead atoms. The average molecular weight is 420 g/mol. The topological polar surface area (TPSA) is 63.9 Å². The number of aromatic nitrogens is 2. The highest BCUT2D eigenvalue weighted by atomic mass is 16.5. The number of aliphatic imine (C=N–C) groups is 1. The molecule has 0 spiro atoms. The molecule has 1 N–H and O–H groups in total. The van der Waals surface area contributed by atoms with E-state index in [4.69, 9.17) is 9.47 Å². The highest BCUT2D eigenvalue weighted by molar-refractivity contribution is 5.80. The SMILES string of the molecule is CN=C(NCc1ccccc1OCc1ccccc1)N1CCOC(c2cnn(C)c2)C1. The van der Waals surface area contributed by atoms with Crippen LogP contribution < -0.4 is 10.1 Å². The summed E-state index contributed by atoms with van der Waals surface area (Å²) in [6, 6.07) is 18.3. The molecule has 1 aromatic heterocycles. The highest BCUT2D eigenvalue weighted by Gasteiger charge is 2.25. The molecule has 31 heavy (non-hydrogen) atoms. The number of para-hydroxylation sites is 1. The fourth-order valence-electron chi connectivity index (χ4n) is 3.68. The van der Waals surface area contributed by atoms with Gasteiger partial charge < -0.3 is 19.7 Å². The first-order valence-electron chi connectivity index (χ1n) is 10.5. The van der Waals surface area contributed by atoms with Gasteiger partial charge in [0.15, 0.2) is 5.96 Å². The van der Waals surface area contributed by atoms with Crippen LogP contribution in [-0.2, 0) is 24.9 Å². The largest absolute Gasteiger partial charge is 0.489 e. The van der Waals surface area contributed by atoms with Crippen molar-refractivity contribution in [3.8, 4) is 5.75 Å². The number of hydrogen-bond acceptors (Lipinski definition) is 4. The van der Waals surface area contributed by atoms with Gasteiger partial charge in [0.25, 0.3) is 0 Å². The van der Waals surface area contributed by atoms with E-state index >= 15 is 0 Å². The van der Waals surface area contributed by atoms with Crippen molar-refractivity contribution >= 4 is 5.96 Å². The summed E-state index contributed by atoms with van der Waals surface area (Å²) in [5.41, 5.74) is 3.33. The van der Waals surface area contributed by atoms with Crippen molar-refractivity contribution in [1.29, 1.82) is 0 Å². The molecule has 0 saturated carbocycles. The molecule has 7 heteroatoms. The van der Waals surface area contributed by atoms with E-state index in [2.05, 4.69) is 38.5 Å². The van der Waals surface area contributed by atoms with E-state index in [1.165, 1.54) is 0 Å². The van der Waals surface area contributed by atoms with Gasteiger partial charge in [-0.2, -0.15) is 5.10 Å². The zero-order valence-electron chi connectivity index (χ0n) is 18.1. The van der Waals surface area contributed by atoms with Gasteiger partial charge in [-0.15, -0.1) is 0 Å². The Morgan fingerprint density at radius 2 is 2.00 bits per heavy atom. The smallest absolute Gasteiger partial charge is 0.194 e. The van der Waals surface area contributed by atoms with E-state index in [1.54, 1.807) is 4.68 Å². The molecule has 0 amide bonds. The Balaban J connectivity index is 1.37. The Hall–Kier alpha value is -3.32. The van der Waals surface area contributed by atoms with Crippen molar-refractivity contribution in [1.82, 2.24) is 20.0 Å². The Morgan fingerprint density at radius 3 is 2.77 bits per heavy atom. The minimum absolute atomic E-state index is 0.0116. The maximum absolute atomic E-state index is 6.09. The Bertz CT molecular complexity index is 1000. The number of morpholine rings is 1. The molecule has 1 unspecified atom stereocenters. The zero-order valence-corrected chi connectivity index (χ0v) is 18.1. The Kier molecular flexibility index (Phi) is 6.84. The summed E-state index contributed by atoms with van der Waals surface area (Å²) in [7, 11) is 3.73. The minimum atomic E-state index is -0.0116. The van der Waals surface area contributed by atoms with Gasteiger partial charge in [-0.25, -0.2) is 0 Å². The number of aryl methyl sites for hydroxylation is 1. The number of nitrogens with zero attached hydrogens (tertiary/aromatic N) is 4. The molecule has 1 fully saturated rings. The summed E-state index contributed by atoms with van der Waals surface area (Å²) in [5, 5.41) is 7.76. The van der Waals surface area contributed by atoms with Crippen LogP contribution >= 0.6 is 0 Å². The summed E-state index contributed by atoms with van der Waals surface area (Å²) in [5.74, 6) is 1.74. The van der Waals surface area contributed by atoms with Crippen molar-refractivity contribution in [2.75, 3.05) is 26.7 Å². The van der Waals surface area contributed by atoms with E-state index in [1.807, 2.05) is 62.9 Å². The van der Waals surface area contributed by atoms with E-state index in [9.17, 15) is 0 Å². The summed E-state index contributed by atoms with van der Waals surface area (Å²) < 4.78 is 13.9. The number of ether oxygens (including phenoxy) is 2. The van der Waals surface area contributed by atoms with E-state index in [0.717, 1.165) is 41.5 Å². The van der Waals surface area contributed by atoms with Crippen LogP contribution in [0.1, 0.15) is 22.8 Å². The molecule has 3 aromatic rings. The first-order chi connectivity index (χ1) is 15.2. The number of benzene rings is 2. The molecule has 1 aliphatic rings. The van der Waals surface area contributed by atoms with Crippen LogP contribution in [0.5, 0.6) is 5.75 Å². The average Bonchev–Trinajstić information content (AvgIpc) is 3.26. The second-order valence-corrected chi connectivity index (χ2v) is 7.54. The van der Waals surface area contributed by atoms with Crippen molar-refractivity contribution in [3.05, 3.63) is 83.7 Å². The van der Waals surface area contributed by atoms with E-state index < -0.39 is 0 Å². The highest BCUT2D eigenvalue weighted by Crippen LogP contribution is 2.22. The molecule has 162 valence electrons. The fraction of sp³-hybridized carbons (Fsp3) is 0.333. The molecular formula is C24H29N5O2. The van der Waals surface area contributed by atoms with Crippen molar-refractivity contribution in [3.63, 3.8) is 0 Å². The summed E-state index contributed by atoms with van der Waals surface area (Å²) in [4.78, 5) is 6.73. The van der Waals surface area contributed by atoms with Gasteiger partial charge in [-0.1, -0.05) is 48.5 Å². The molecule has 2 heterocycles. The van der Waals surface area contributed by atoms with Gasteiger partial charge in [0.1, 0.15) is 18.5 Å². The lowest BCUT2D eigenvalue weighted by Gasteiger charge is -2.34. The van der Waals surface area contributed by atoms with Gasteiger partial charge in [0, 0.05) is 44.5 Å². The van der Waals surface area contributed by atoms with Gasteiger partial charge in [-0.3, -0.25) is 9.67 Å². The fourth-order valence-corrected chi connectivity index (χ4v) is 3.68. The lowest BCUT2D eigenvalue weighted by atomic mass is 10.1. The maximum atomic E-state index is 6.09. The monoisotopic (exact) mass is 419 g/mol. The lowest BCUT2D eigenvalue weighted by Crippen LogP contribution is -2.47. The number of guanidine groups is 1. The Morgan fingerprint density at radius 1 is 1.19 bits per heavy atom. The minimum Gasteiger partial charge on any atom is -0.489 e. The number of hydrogen-bond donors (Lipinski definition) is 1. The first kappa shape index (κ1) is 20.9. The van der Waals surface area contributed by atoms with Crippen LogP contribution in [0.25, 0.3) is 0 Å². The number of nitrogens with one attached hydrogen (secondary N) is 1. The third kappa shape index (κ3) is 5.44. The zero-order chi connectivity index (χ0) is 21.5. The van der Waals surface area contributed by atoms with Gasteiger partial charge in [0.2, 0.25) is 0 Å². The van der Waals surface area contributed by atoms with E-state index in [0.29, 0.717) is 19.8 Å². The predicted octanol–water partition coefficient (Wildman–Crippen LogP) is 3.15. The van der Waals surface area contributed by atoms with Gasteiger partial charge >= 0.3 is 0 Å². The van der Waals surface area contributed by atoms with Crippen molar-refractivity contribution in [2.24, 2.45) is 12.0 Å². The van der Waals surface area contributed by atoms with Crippen molar-refractivity contribution < 1.29 is 9.47 Å². The van der Waals surface area contributed by atoms with Crippen LogP contribution in [0.3, 0.4) is 0 Å². The second-order valence-electron chi connectivity index (χ2n) is 7.54. The second kappa shape index (κ2) is 10.1. The molecule has 1 saturated heterocycles. The third-order valence-corrected chi connectivity index (χ3v) is 5.32. The van der Waals surface area contributed by atoms with Crippen LogP contribution in [0.4, 0.5) is 0 Å². The molecule has 4 rings (SSSR count). The van der Waals surface area contributed by atoms with Crippen LogP contribution in [-0.4, -0.2) is 47.4 Å². The molecule has 0 aliphatic carbocycles. The van der Waals surface area contributed by atoms with Crippen LogP contribution in [0.15, 0.2) is 72.0 Å². The molecule has 1 atom stereocenters. The normalized spacial score (nSPS) is 16.9. The summed E-state index contributed by atoms with van der Waals surface area (Å²) >= 11 is 0. The Labute approximate surface area is 183 Å². The maximum Gasteiger partial charge on any atom is 0.194 e. The van der Waals surface area contributed by atoms with Crippen LogP contribution in [0.2, 0.25) is 0 Å². The lowest BCUT2D eigenvalue weighted by molar-refractivity contribution is -0.00805. The van der Waals surface area contributed by atoms with Crippen molar-refractivity contribution in [2.45, 2.75) is 19.3 Å². The summed E-state index contributed by atoms with van der Waals surface area (Å²) in [6.07, 6.45) is 3.86. The molecule has 7 nitrogen and oxygen atoms in total. The predicted molar refractivity (Wildman–Crippen MR) is 121 cm³/mol. The molecular weight excluding hydrogens is 390 g/mol.